The number of methoxy groups -OCH3 is 1. The van der Waals surface area contributed by atoms with Crippen LogP contribution in [0.1, 0.15) is 17.7 Å². The third-order valence-electron chi connectivity index (χ3n) is 5.56. The maximum absolute atomic E-state index is 14.0. The SMILES string of the molecule is COc1ccc(-n2c(CCC(=O)NCc3c(F)cccc3Cl)ccc2-c2ccc(Cl)cc2)cc1. The third-order valence-corrected chi connectivity index (χ3v) is 6.17. The zero-order valence-corrected chi connectivity index (χ0v) is 20.0. The zero-order valence-electron chi connectivity index (χ0n) is 18.5. The number of ether oxygens (including phenoxy) is 1. The molecule has 0 aliphatic carbocycles. The van der Waals surface area contributed by atoms with Crippen molar-refractivity contribution in [2.75, 3.05) is 7.11 Å². The average Bonchev–Trinajstić information content (AvgIpc) is 3.27. The second-order valence-electron chi connectivity index (χ2n) is 7.73. The van der Waals surface area contributed by atoms with Gasteiger partial charge in [0, 0.05) is 40.0 Å². The van der Waals surface area contributed by atoms with Gasteiger partial charge in [-0.15, -0.1) is 0 Å². The molecule has 0 bridgehead atoms. The van der Waals surface area contributed by atoms with Gasteiger partial charge in [-0.2, -0.15) is 0 Å². The first-order chi connectivity index (χ1) is 16.5. The Morgan fingerprint density at radius 1 is 0.971 bits per heavy atom. The number of carbonyl (C=O) groups is 1. The van der Waals surface area contributed by atoms with E-state index in [1.54, 1.807) is 13.2 Å². The van der Waals surface area contributed by atoms with Gasteiger partial charge in [0.2, 0.25) is 5.91 Å². The third kappa shape index (κ3) is 5.44. The molecule has 4 nitrogen and oxygen atoms in total. The van der Waals surface area contributed by atoms with Gasteiger partial charge in [-0.25, -0.2) is 4.39 Å². The Hall–Kier alpha value is -3.28. The number of carbonyl (C=O) groups excluding carboxylic acids is 1. The van der Waals surface area contributed by atoms with Crippen molar-refractivity contribution in [1.29, 1.82) is 0 Å². The molecule has 1 heterocycles. The van der Waals surface area contributed by atoms with Gasteiger partial charge in [-0.05, 0) is 72.6 Å². The van der Waals surface area contributed by atoms with E-state index in [2.05, 4.69) is 9.88 Å². The molecule has 1 N–H and O–H groups in total. The van der Waals surface area contributed by atoms with Gasteiger partial charge >= 0.3 is 0 Å². The molecule has 0 spiro atoms. The second kappa shape index (κ2) is 10.8. The smallest absolute Gasteiger partial charge is 0.220 e. The van der Waals surface area contributed by atoms with Crippen molar-refractivity contribution in [2.24, 2.45) is 0 Å². The summed E-state index contributed by atoms with van der Waals surface area (Å²) in [6.07, 6.45) is 0.739. The minimum absolute atomic E-state index is 0.0415. The van der Waals surface area contributed by atoms with Gasteiger partial charge in [0.25, 0.3) is 0 Å². The van der Waals surface area contributed by atoms with E-state index in [0.29, 0.717) is 16.5 Å². The van der Waals surface area contributed by atoms with Crippen molar-refractivity contribution in [3.63, 3.8) is 0 Å². The van der Waals surface area contributed by atoms with Crippen molar-refractivity contribution in [1.82, 2.24) is 9.88 Å². The molecule has 0 unspecified atom stereocenters. The summed E-state index contributed by atoms with van der Waals surface area (Å²) in [6.45, 7) is 0.0415. The molecule has 4 rings (SSSR count). The van der Waals surface area contributed by atoms with Gasteiger partial charge in [0.1, 0.15) is 11.6 Å². The fourth-order valence-corrected chi connectivity index (χ4v) is 4.13. The quantitative estimate of drug-likeness (QED) is 0.290. The molecule has 3 aromatic carbocycles. The number of aromatic nitrogens is 1. The maximum atomic E-state index is 14.0. The molecular formula is C27H23Cl2FN2O2. The standard InChI is InChI=1S/C27H23Cl2FN2O2/c1-34-22-13-9-20(10-14-22)32-21(11-15-26(32)18-5-7-19(28)8-6-18)12-16-27(33)31-17-23-24(29)3-2-4-25(23)30/h2-11,13-15H,12,16-17H2,1H3,(H,31,33). The molecule has 0 fully saturated rings. The molecule has 1 aromatic heterocycles. The van der Waals surface area contributed by atoms with E-state index in [0.717, 1.165) is 28.4 Å². The van der Waals surface area contributed by atoms with E-state index in [1.165, 1.54) is 12.1 Å². The Morgan fingerprint density at radius 2 is 1.71 bits per heavy atom. The van der Waals surface area contributed by atoms with Crippen molar-refractivity contribution >= 4 is 29.1 Å². The molecular weight excluding hydrogens is 474 g/mol. The molecule has 0 saturated carbocycles. The molecule has 34 heavy (non-hydrogen) atoms. The van der Waals surface area contributed by atoms with Crippen molar-refractivity contribution in [3.05, 3.63) is 106 Å². The number of halogens is 3. The first-order valence-corrected chi connectivity index (χ1v) is 11.5. The first-order valence-electron chi connectivity index (χ1n) is 10.8. The van der Waals surface area contributed by atoms with E-state index in [1.807, 2.05) is 60.7 Å². The highest BCUT2D eigenvalue weighted by Gasteiger charge is 2.15. The van der Waals surface area contributed by atoms with Crippen LogP contribution in [0.3, 0.4) is 0 Å². The van der Waals surface area contributed by atoms with Crippen molar-refractivity contribution < 1.29 is 13.9 Å². The highest BCUT2D eigenvalue weighted by molar-refractivity contribution is 6.31. The molecule has 0 radical (unpaired) electrons. The lowest BCUT2D eigenvalue weighted by molar-refractivity contribution is -0.121. The number of amides is 1. The molecule has 174 valence electrons. The predicted octanol–water partition coefficient (Wildman–Crippen LogP) is 6.85. The Bertz CT molecular complexity index is 1260. The number of nitrogens with zero attached hydrogens (tertiary/aromatic N) is 1. The van der Waals surface area contributed by atoms with Crippen LogP contribution in [-0.4, -0.2) is 17.6 Å². The number of hydrogen-bond acceptors (Lipinski definition) is 2. The summed E-state index contributed by atoms with van der Waals surface area (Å²) < 4.78 is 21.4. The van der Waals surface area contributed by atoms with Gasteiger partial charge in [0.05, 0.1) is 12.8 Å². The summed E-state index contributed by atoms with van der Waals surface area (Å²) in [5.74, 6) is 0.139. The van der Waals surface area contributed by atoms with Crippen LogP contribution in [0.4, 0.5) is 4.39 Å². The molecule has 7 heteroatoms. The van der Waals surface area contributed by atoms with Crippen LogP contribution in [-0.2, 0) is 17.8 Å². The van der Waals surface area contributed by atoms with E-state index < -0.39 is 5.82 Å². The Kier molecular flexibility index (Phi) is 7.56. The summed E-state index contributed by atoms with van der Waals surface area (Å²) in [6, 6.07) is 23.9. The normalized spacial score (nSPS) is 10.8. The minimum Gasteiger partial charge on any atom is -0.497 e. The highest BCUT2D eigenvalue weighted by Crippen LogP contribution is 2.29. The van der Waals surface area contributed by atoms with Gasteiger partial charge in [-0.3, -0.25) is 4.79 Å². The minimum atomic E-state index is -0.436. The van der Waals surface area contributed by atoms with E-state index in [4.69, 9.17) is 27.9 Å². The Labute approximate surface area is 207 Å². The van der Waals surface area contributed by atoms with Crippen LogP contribution in [0.25, 0.3) is 16.9 Å². The summed E-state index contributed by atoms with van der Waals surface area (Å²) in [5, 5.41) is 3.72. The average molecular weight is 497 g/mol. The number of aryl methyl sites for hydroxylation is 1. The van der Waals surface area contributed by atoms with E-state index >= 15 is 0 Å². The highest BCUT2D eigenvalue weighted by atomic mass is 35.5. The summed E-state index contributed by atoms with van der Waals surface area (Å²) in [4.78, 5) is 12.5. The number of benzene rings is 3. The number of nitrogens with one attached hydrogen (secondary N) is 1. The molecule has 1 amide bonds. The number of rotatable bonds is 8. The van der Waals surface area contributed by atoms with Crippen LogP contribution < -0.4 is 10.1 Å². The molecule has 4 aromatic rings. The lowest BCUT2D eigenvalue weighted by Gasteiger charge is -2.15. The molecule has 0 aliphatic heterocycles. The monoisotopic (exact) mass is 496 g/mol. The fourth-order valence-electron chi connectivity index (χ4n) is 3.77. The first kappa shape index (κ1) is 23.9. The lowest BCUT2D eigenvalue weighted by Crippen LogP contribution is -2.24. The van der Waals surface area contributed by atoms with Crippen LogP contribution in [0.2, 0.25) is 10.0 Å². The Balaban J connectivity index is 1.55. The number of hydrogen-bond donors (Lipinski definition) is 1. The lowest BCUT2D eigenvalue weighted by atomic mass is 10.1. The molecule has 0 saturated heterocycles. The topological polar surface area (TPSA) is 43.3 Å². The summed E-state index contributed by atoms with van der Waals surface area (Å²) in [7, 11) is 1.63. The van der Waals surface area contributed by atoms with Gasteiger partial charge in [-0.1, -0.05) is 41.4 Å². The molecule has 0 aliphatic rings. The van der Waals surface area contributed by atoms with Crippen LogP contribution >= 0.6 is 23.2 Å². The van der Waals surface area contributed by atoms with Crippen LogP contribution in [0.15, 0.2) is 78.9 Å². The van der Waals surface area contributed by atoms with E-state index in [9.17, 15) is 9.18 Å². The van der Waals surface area contributed by atoms with Crippen LogP contribution in [0, 0.1) is 5.82 Å². The fraction of sp³-hybridized carbons (Fsp3) is 0.148. The second-order valence-corrected chi connectivity index (χ2v) is 8.57. The van der Waals surface area contributed by atoms with Crippen LogP contribution in [0.5, 0.6) is 5.75 Å². The van der Waals surface area contributed by atoms with Gasteiger partial charge < -0.3 is 14.6 Å². The zero-order chi connectivity index (χ0) is 24.1. The maximum Gasteiger partial charge on any atom is 0.220 e. The molecule has 0 atom stereocenters. The summed E-state index contributed by atoms with van der Waals surface area (Å²) >= 11 is 12.1. The Morgan fingerprint density at radius 3 is 2.38 bits per heavy atom. The predicted molar refractivity (Wildman–Crippen MR) is 134 cm³/mol. The summed E-state index contributed by atoms with van der Waals surface area (Å²) in [5.41, 5.74) is 4.18. The van der Waals surface area contributed by atoms with Gasteiger partial charge in [0.15, 0.2) is 0 Å². The van der Waals surface area contributed by atoms with Crippen molar-refractivity contribution in [2.45, 2.75) is 19.4 Å². The largest absolute Gasteiger partial charge is 0.497 e. The van der Waals surface area contributed by atoms with Crippen molar-refractivity contribution in [3.8, 4) is 22.7 Å². The van der Waals surface area contributed by atoms with E-state index in [-0.39, 0.29) is 24.4 Å².